The highest BCUT2D eigenvalue weighted by Gasteiger charge is 2.08. The predicted octanol–water partition coefficient (Wildman–Crippen LogP) is 2.56. The van der Waals surface area contributed by atoms with E-state index in [0.717, 1.165) is 5.56 Å². The minimum absolute atomic E-state index is 0.186. The molecule has 4 heteroatoms. The van der Waals surface area contributed by atoms with Crippen LogP contribution in [0.3, 0.4) is 0 Å². The molecule has 0 amide bonds. The second-order valence-corrected chi connectivity index (χ2v) is 3.60. The lowest BCUT2D eigenvalue weighted by Crippen LogP contribution is -2.20. The third kappa shape index (κ3) is 5.15. The minimum Gasteiger partial charge on any atom is -0.477 e. The summed E-state index contributed by atoms with van der Waals surface area (Å²) in [6.45, 7) is 7.72. The van der Waals surface area contributed by atoms with Crippen molar-refractivity contribution in [1.29, 1.82) is 0 Å². The molecule has 0 radical (unpaired) electrons. The first-order valence-corrected chi connectivity index (χ1v) is 6.05. The number of hydrogen-bond acceptors (Lipinski definition) is 4. The zero-order chi connectivity index (χ0) is 12.5. The zero-order valence-electron chi connectivity index (χ0n) is 10.8. The van der Waals surface area contributed by atoms with Crippen molar-refractivity contribution in [2.45, 2.75) is 33.5 Å². The Morgan fingerprint density at radius 3 is 2.53 bits per heavy atom. The number of aromatic nitrogens is 1. The molecule has 0 N–H and O–H groups in total. The van der Waals surface area contributed by atoms with Crippen LogP contribution in [0.15, 0.2) is 18.3 Å². The van der Waals surface area contributed by atoms with Gasteiger partial charge in [-0.1, -0.05) is 6.07 Å². The maximum Gasteiger partial charge on any atom is 0.216 e. The molecule has 0 aliphatic heterocycles. The standard InChI is InChI=1S/C13H21NO3/c1-4-15-12(16-5-2)8-10-17-13-11(3)7-6-9-14-13/h6-7,9,12H,4-5,8,10H2,1-3H3. The molecular formula is C13H21NO3. The monoisotopic (exact) mass is 239 g/mol. The lowest BCUT2D eigenvalue weighted by atomic mass is 10.3. The van der Waals surface area contributed by atoms with Crippen molar-refractivity contribution in [3.8, 4) is 5.88 Å². The van der Waals surface area contributed by atoms with Crippen molar-refractivity contribution in [3.63, 3.8) is 0 Å². The van der Waals surface area contributed by atoms with Crippen molar-refractivity contribution < 1.29 is 14.2 Å². The van der Waals surface area contributed by atoms with Crippen molar-refractivity contribution in [1.82, 2.24) is 4.98 Å². The number of hydrogen-bond donors (Lipinski definition) is 0. The summed E-state index contributed by atoms with van der Waals surface area (Å²) in [5.74, 6) is 0.680. The number of aryl methyl sites for hydroxylation is 1. The van der Waals surface area contributed by atoms with E-state index in [9.17, 15) is 0 Å². The summed E-state index contributed by atoms with van der Waals surface area (Å²) in [5.41, 5.74) is 1.04. The van der Waals surface area contributed by atoms with Crippen LogP contribution in [0.2, 0.25) is 0 Å². The Kier molecular flexibility index (Phi) is 6.58. The molecule has 0 saturated heterocycles. The van der Waals surface area contributed by atoms with Crippen molar-refractivity contribution >= 4 is 0 Å². The van der Waals surface area contributed by atoms with E-state index in [1.54, 1.807) is 6.20 Å². The second-order valence-electron chi connectivity index (χ2n) is 3.60. The number of ether oxygens (including phenoxy) is 3. The molecular weight excluding hydrogens is 218 g/mol. The van der Waals surface area contributed by atoms with E-state index in [1.807, 2.05) is 32.9 Å². The van der Waals surface area contributed by atoms with Gasteiger partial charge in [0.2, 0.25) is 5.88 Å². The van der Waals surface area contributed by atoms with Gasteiger partial charge in [0.25, 0.3) is 0 Å². The first-order chi connectivity index (χ1) is 8.27. The molecule has 0 bridgehead atoms. The van der Waals surface area contributed by atoms with E-state index in [4.69, 9.17) is 14.2 Å². The van der Waals surface area contributed by atoms with E-state index in [2.05, 4.69) is 4.98 Å². The summed E-state index contributed by atoms with van der Waals surface area (Å²) in [6.07, 6.45) is 2.25. The molecule has 0 fully saturated rings. The van der Waals surface area contributed by atoms with Crippen LogP contribution in [0.25, 0.3) is 0 Å². The molecule has 0 atom stereocenters. The Balaban J connectivity index is 2.33. The average molecular weight is 239 g/mol. The van der Waals surface area contributed by atoms with Crippen molar-refractivity contribution in [2.24, 2.45) is 0 Å². The van der Waals surface area contributed by atoms with Gasteiger partial charge in [0, 0.05) is 31.4 Å². The fraction of sp³-hybridized carbons (Fsp3) is 0.615. The molecule has 0 aliphatic rings. The number of pyridine rings is 1. The molecule has 1 rings (SSSR count). The fourth-order valence-corrected chi connectivity index (χ4v) is 1.46. The minimum atomic E-state index is -0.186. The lowest BCUT2D eigenvalue weighted by molar-refractivity contribution is -0.142. The van der Waals surface area contributed by atoms with Gasteiger partial charge in [0.15, 0.2) is 6.29 Å². The van der Waals surface area contributed by atoms with E-state index in [-0.39, 0.29) is 6.29 Å². The first kappa shape index (κ1) is 13.9. The van der Waals surface area contributed by atoms with Crippen molar-refractivity contribution in [3.05, 3.63) is 23.9 Å². The highest BCUT2D eigenvalue weighted by Crippen LogP contribution is 2.13. The zero-order valence-corrected chi connectivity index (χ0v) is 10.8. The first-order valence-electron chi connectivity index (χ1n) is 6.05. The van der Waals surface area contributed by atoms with Gasteiger partial charge in [-0.15, -0.1) is 0 Å². The predicted molar refractivity (Wildman–Crippen MR) is 66.1 cm³/mol. The molecule has 17 heavy (non-hydrogen) atoms. The van der Waals surface area contributed by atoms with Gasteiger partial charge in [0.05, 0.1) is 6.61 Å². The van der Waals surface area contributed by atoms with Crippen LogP contribution in [0.5, 0.6) is 5.88 Å². The molecule has 0 aliphatic carbocycles. The summed E-state index contributed by atoms with van der Waals surface area (Å²) in [5, 5.41) is 0. The van der Waals surface area contributed by atoms with Crippen molar-refractivity contribution in [2.75, 3.05) is 19.8 Å². The third-order valence-electron chi connectivity index (χ3n) is 2.26. The van der Waals surface area contributed by atoms with Crippen LogP contribution >= 0.6 is 0 Å². The van der Waals surface area contributed by atoms with Gasteiger partial charge in [-0.25, -0.2) is 4.98 Å². The van der Waals surface area contributed by atoms with E-state index >= 15 is 0 Å². The van der Waals surface area contributed by atoms with Gasteiger partial charge in [-0.3, -0.25) is 0 Å². The Morgan fingerprint density at radius 1 is 1.24 bits per heavy atom. The van der Waals surface area contributed by atoms with Crippen LogP contribution in [-0.4, -0.2) is 31.1 Å². The fourth-order valence-electron chi connectivity index (χ4n) is 1.46. The Labute approximate surface area is 103 Å². The van der Waals surface area contributed by atoms with E-state index < -0.39 is 0 Å². The van der Waals surface area contributed by atoms with Crippen LogP contribution in [0, 0.1) is 6.92 Å². The molecule has 96 valence electrons. The highest BCUT2D eigenvalue weighted by molar-refractivity contribution is 5.23. The van der Waals surface area contributed by atoms with Gasteiger partial charge in [0.1, 0.15) is 0 Å². The van der Waals surface area contributed by atoms with E-state index in [0.29, 0.717) is 32.1 Å². The topological polar surface area (TPSA) is 40.6 Å². The van der Waals surface area contributed by atoms with Crippen LogP contribution in [0.1, 0.15) is 25.8 Å². The molecule has 0 aromatic carbocycles. The summed E-state index contributed by atoms with van der Waals surface area (Å²) in [6, 6.07) is 3.87. The third-order valence-corrected chi connectivity index (χ3v) is 2.26. The summed E-state index contributed by atoms with van der Waals surface area (Å²) >= 11 is 0. The molecule has 1 heterocycles. The number of rotatable bonds is 8. The van der Waals surface area contributed by atoms with Crippen LogP contribution in [0.4, 0.5) is 0 Å². The lowest BCUT2D eigenvalue weighted by Gasteiger charge is -2.17. The van der Waals surface area contributed by atoms with Gasteiger partial charge in [-0.05, 0) is 26.8 Å². The van der Waals surface area contributed by atoms with Crippen LogP contribution in [-0.2, 0) is 9.47 Å². The van der Waals surface area contributed by atoms with Gasteiger partial charge < -0.3 is 14.2 Å². The molecule has 1 aromatic heterocycles. The molecule has 0 spiro atoms. The quantitative estimate of drug-likeness (QED) is 0.654. The summed E-state index contributed by atoms with van der Waals surface area (Å²) in [4.78, 5) is 4.16. The van der Waals surface area contributed by atoms with Gasteiger partial charge in [-0.2, -0.15) is 0 Å². The molecule has 0 saturated carbocycles. The molecule has 1 aromatic rings. The van der Waals surface area contributed by atoms with E-state index in [1.165, 1.54) is 0 Å². The maximum atomic E-state index is 5.59. The Hall–Kier alpha value is -1.13. The van der Waals surface area contributed by atoms with Gasteiger partial charge >= 0.3 is 0 Å². The summed E-state index contributed by atoms with van der Waals surface area (Å²) in [7, 11) is 0. The normalized spacial score (nSPS) is 10.8. The largest absolute Gasteiger partial charge is 0.477 e. The Bertz CT molecular complexity index is 311. The highest BCUT2D eigenvalue weighted by atomic mass is 16.7. The molecule has 4 nitrogen and oxygen atoms in total. The summed E-state index contributed by atoms with van der Waals surface area (Å²) < 4.78 is 16.4. The maximum absolute atomic E-state index is 5.59. The Morgan fingerprint density at radius 2 is 1.94 bits per heavy atom. The SMILES string of the molecule is CCOC(CCOc1ncccc1C)OCC. The number of nitrogens with zero attached hydrogens (tertiary/aromatic N) is 1. The molecule has 0 unspecified atom stereocenters. The smallest absolute Gasteiger partial charge is 0.216 e. The average Bonchev–Trinajstić information content (AvgIpc) is 2.32. The van der Waals surface area contributed by atoms with Crippen LogP contribution < -0.4 is 4.74 Å². The second kappa shape index (κ2) is 8.03.